The van der Waals surface area contributed by atoms with Crippen molar-refractivity contribution in [1.29, 1.82) is 0 Å². The zero-order valence-electron chi connectivity index (χ0n) is 14.8. The molecule has 0 spiro atoms. The minimum Gasteiger partial charge on any atom is -0.478 e. The molecule has 0 saturated carbocycles. The maximum atomic E-state index is 14.2. The third kappa shape index (κ3) is 4.11. The highest BCUT2D eigenvalue weighted by Gasteiger charge is 2.19. The molecule has 0 fully saturated rings. The number of halogens is 2. The van der Waals surface area contributed by atoms with Crippen LogP contribution in [0.1, 0.15) is 31.1 Å². The van der Waals surface area contributed by atoms with E-state index in [0.717, 1.165) is 36.4 Å². The van der Waals surface area contributed by atoms with Gasteiger partial charge in [-0.3, -0.25) is 9.59 Å². The highest BCUT2D eigenvalue weighted by Crippen LogP contribution is 2.31. The van der Waals surface area contributed by atoms with E-state index in [4.69, 9.17) is 10.8 Å². The van der Waals surface area contributed by atoms with Gasteiger partial charge in [-0.25, -0.2) is 13.6 Å². The Balaban J connectivity index is 2.02. The summed E-state index contributed by atoms with van der Waals surface area (Å²) in [5, 5.41) is 11.6. The number of amides is 2. The standard InChI is InChI=1S/C21H14F2N2O4/c22-12-6-8-17(23)15(10-12)13-3-1-2-4-18(13)25-20(27)14-7-5-11(21(28)29)9-16(14)19(24)26/h1-10H,(H2,24,26)(H,25,27)(H,28,29). The van der Waals surface area contributed by atoms with Gasteiger partial charge < -0.3 is 16.2 Å². The number of primary amides is 1. The molecule has 3 aromatic rings. The molecule has 6 nitrogen and oxygen atoms in total. The molecular formula is C21H14F2N2O4. The van der Waals surface area contributed by atoms with E-state index >= 15 is 0 Å². The number of para-hydroxylation sites is 1. The third-order valence-corrected chi connectivity index (χ3v) is 4.17. The molecule has 0 aliphatic rings. The molecule has 0 aromatic heterocycles. The SMILES string of the molecule is NC(=O)c1cc(C(=O)O)ccc1C(=O)Nc1ccccc1-c1cc(F)ccc1F. The van der Waals surface area contributed by atoms with E-state index in [1.54, 1.807) is 12.1 Å². The van der Waals surface area contributed by atoms with Crippen molar-refractivity contribution in [2.75, 3.05) is 5.32 Å². The van der Waals surface area contributed by atoms with Gasteiger partial charge in [0.05, 0.1) is 16.7 Å². The molecule has 3 aromatic carbocycles. The van der Waals surface area contributed by atoms with Crippen molar-refractivity contribution in [3.63, 3.8) is 0 Å². The molecule has 3 rings (SSSR count). The van der Waals surface area contributed by atoms with Crippen LogP contribution in [0.5, 0.6) is 0 Å². The number of carbonyl (C=O) groups is 3. The largest absolute Gasteiger partial charge is 0.478 e. The van der Waals surface area contributed by atoms with Crippen LogP contribution >= 0.6 is 0 Å². The van der Waals surface area contributed by atoms with Gasteiger partial charge in [-0.05, 0) is 42.5 Å². The molecule has 0 aliphatic carbocycles. The second kappa shape index (κ2) is 7.89. The Morgan fingerprint density at radius 3 is 2.28 bits per heavy atom. The Kier molecular flexibility index (Phi) is 5.36. The zero-order valence-corrected chi connectivity index (χ0v) is 14.8. The van der Waals surface area contributed by atoms with Gasteiger partial charge in [0.1, 0.15) is 11.6 Å². The molecule has 4 N–H and O–H groups in total. The van der Waals surface area contributed by atoms with Crippen LogP contribution in [0.2, 0.25) is 0 Å². The molecule has 2 amide bonds. The number of carboxylic acid groups (broad SMARTS) is 1. The molecule has 0 aliphatic heterocycles. The van der Waals surface area contributed by atoms with Crippen LogP contribution in [0.25, 0.3) is 11.1 Å². The van der Waals surface area contributed by atoms with E-state index in [1.807, 2.05) is 0 Å². The molecule has 146 valence electrons. The summed E-state index contributed by atoms with van der Waals surface area (Å²) in [7, 11) is 0. The second-order valence-electron chi connectivity index (χ2n) is 6.05. The van der Waals surface area contributed by atoms with E-state index in [-0.39, 0.29) is 33.5 Å². The van der Waals surface area contributed by atoms with E-state index in [0.29, 0.717) is 0 Å². The van der Waals surface area contributed by atoms with Gasteiger partial charge in [0.15, 0.2) is 0 Å². The number of carbonyl (C=O) groups excluding carboxylic acids is 2. The van der Waals surface area contributed by atoms with Gasteiger partial charge >= 0.3 is 5.97 Å². The highest BCUT2D eigenvalue weighted by atomic mass is 19.1. The monoisotopic (exact) mass is 396 g/mol. The Morgan fingerprint density at radius 1 is 0.862 bits per heavy atom. The molecule has 0 heterocycles. The Bertz CT molecular complexity index is 1150. The fraction of sp³-hybridized carbons (Fsp3) is 0. The first kappa shape index (κ1) is 19.7. The molecular weight excluding hydrogens is 382 g/mol. The predicted octanol–water partition coefficient (Wildman–Crippen LogP) is 3.68. The Labute approximate surface area is 163 Å². The fourth-order valence-corrected chi connectivity index (χ4v) is 2.80. The van der Waals surface area contributed by atoms with Crippen molar-refractivity contribution in [3.05, 3.63) is 89.0 Å². The lowest BCUT2D eigenvalue weighted by atomic mass is 10.0. The summed E-state index contributed by atoms with van der Waals surface area (Å²) < 4.78 is 27.8. The second-order valence-corrected chi connectivity index (χ2v) is 6.05. The van der Waals surface area contributed by atoms with Crippen molar-refractivity contribution in [1.82, 2.24) is 0 Å². The first-order valence-corrected chi connectivity index (χ1v) is 8.31. The van der Waals surface area contributed by atoms with E-state index < -0.39 is 29.4 Å². The van der Waals surface area contributed by atoms with Gasteiger partial charge in [-0.15, -0.1) is 0 Å². The van der Waals surface area contributed by atoms with Crippen molar-refractivity contribution >= 4 is 23.5 Å². The summed E-state index contributed by atoms with van der Waals surface area (Å²) in [6, 6.07) is 12.4. The van der Waals surface area contributed by atoms with E-state index in [1.165, 1.54) is 12.1 Å². The number of hydrogen-bond acceptors (Lipinski definition) is 3. The number of aromatic carboxylic acids is 1. The van der Waals surface area contributed by atoms with Gasteiger partial charge in [0, 0.05) is 16.8 Å². The average Bonchev–Trinajstić information content (AvgIpc) is 2.69. The first-order valence-electron chi connectivity index (χ1n) is 8.31. The topological polar surface area (TPSA) is 109 Å². The fourth-order valence-electron chi connectivity index (χ4n) is 2.80. The average molecular weight is 396 g/mol. The maximum absolute atomic E-state index is 14.2. The lowest BCUT2D eigenvalue weighted by Crippen LogP contribution is -2.21. The van der Waals surface area contributed by atoms with Crippen LogP contribution in [-0.4, -0.2) is 22.9 Å². The molecule has 0 saturated heterocycles. The summed E-state index contributed by atoms with van der Waals surface area (Å²) in [6.07, 6.45) is 0. The summed E-state index contributed by atoms with van der Waals surface area (Å²) in [6.45, 7) is 0. The summed E-state index contributed by atoms with van der Waals surface area (Å²) in [4.78, 5) is 35.5. The van der Waals surface area contributed by atoms with Crippen LogP contribution in [-0.2, 0) is 0 Å². The summed E-state index contributed by atoms with van der Waals surface area (Å²) >= 11 is 0. The zero-order chi connectivity index (χ0) is 21.1. The first-order chi connectivity index (χ1) is 13.8. The van der Waals surface area contributed by atoms with E-state index in [9.17, 15) is 23.2 Å². The number of hydrogen-bond donors (Lipinski definition) is 3. The predicted molar refractivity (Wildman–Crippen MR) is 102 cm³/mol. The molecule has 0 bridgehead atoms. The van der Waals surface area contributed by atoms with Crippen molar-refractivity contribution in [2.45, 2.75) is 0 Å². The van der Waals surface area contributed by atoms with Crippen molar-refractivity contribution in [3.8, 4) is 11.1 Å². The number of anilines is 1. The molecule has 8 heteroatoms. The highest BCUT2D eigenvalue weighted by molar-refractivity contribution is 6.13. The van der Waals surface area contributed by atoms with Crippen LogP contribution in [0.3, 0.4) is 0 Å². The lowest BCUT2D eigenvalue weighted by Gasteiger charge is -2.13. The Hall–Kier alpha value is -4.07. The normalized spacial score (nSPS) is 10.4. The van der Waals surface area contributed by atoms with Crippen LogP contribution in [0, 0.1) is 11.6 Å². The minimum atomic E-state index is -1.29. The quantitative estimate of drug-likeness (QED) is 0.611. The van der Waals surface area contributed by atoms with Gasteiger partial charge in [-0.1, -0.05) is 18.2 Å². The summed E-state index contributed by atoms with van der Waals surface area (Å²) in [5.74, 6) is -4.37. The molecule has 0 radical (unpaired) electrons. The maximum Gasteiger partial charge on any atom is 0.335 e. The van der Waals surface area contributed by atoms with Crippen LogP contribution < -0.4 is 11.1 Å². The van der Waals surface area contributed by atoms with Crippen LogP contribution in [0.4, 0.5) is 14.5 Å². The lowest BCUT2D eigenvalue weighted by molar-refractivity contribution is 0.0696. The van der Waals surface area contributed by atoms with Crippen molar-refractivity contribution in [2.24, 2.45) is 5.73 Å². The number of nitrogens with one attached hydrogen (secondary N) is 1. The van der Waals surface area contributed by atoms with Crippen LogP contribution in [0.15, 0.2) is 60.7 Å². The minimum absolute atomic E-state index is 0.0581. The Morgan fingerprint density at radius 2 is 1.59 bits per heavy atom. The molecule has 0 unspecified atom stereocenters. The smallest absolute Gasteiger partial charge is 0.335 e. The number of benzene rings is 3. The van der Waals surface area contributed by atoms with Gasteiger partial charge in [0.2, 0.25) is 5.91 Å². The number of carboxylic acids is 1. The number of rotatable bonds is 5. The number of nitrogens with two attached hydrogens (primary N) is 1. The summed E-state index contributed by atoms with van der Waals surface area (Å²) in [5.41, 5.74) is 4.95. The van der Waals surface area contributed by atoms with Gasteiger partial charge in [0.25, 0.3) is 5.91 Å². The van der Waals surface area contributed by atoms with Crippen molar-refractivity contribution < 1.29 is 28.3 Å². The van der Waals surface area contributed by atoms with E-state index in [2.05, 4.69) is 5.32 Å². The molecule has 29 heavy (non-hydrogen) atoms. The van der Waals surface area contributed by atoms with Gasteiger partial charge in [-0.2, -0.15) is 0 Å². The third-order valence-electron chi connectivity index (χ3n) is 4.17. The molecule has 0 atom stereocenters.